The number of likely N-dealkylation sites (tertiary alicyclic amines) is 1. The van der Waals surface area contributed by atoms with Crippen LogP contribution in [-0.2, 0) is 14.4 Å². The molecule has 0 aliphatic carbocycles. The van der Waals surface area contributed by atoms with Crippen LogP contribution in [0, 0.1) is 0 Å². The fourth-order valence-electron chi connectivity index (χ4n) is 3.49. The maximum atomic E-state index is 12.9. The van der Waals surface area contributed by atoms with Crippen molar-refractivity contribution in [2.75, 3.05) is 32.7 Å². The number of piperazine rings is 1. The van der Waals surface area contributed by atoms with Crippen molar-refractivity contribution >= 4 is 56.7 Å². The third-order valence-electron chi connectivity index (χ3n) is 5.10. The molecular weight excluding hydrogens is 402 g/mol. The highest BCUT2D eigenvalue weighted by atomic mass is 35.5. The molecule has 2 aliphatic rings. The minimum atomic E-state index is -0.299. The van der Waals surface area contributed by atoms with Gasteiger partial charge in [-0.1, -0.05) is 29.8 Å². The number of thiophene rings is 1. The Morgan fingerprint density at radius 1 is 0.964 bits per heavy atom. The molecular formula is C19H18ClN3O4S. The van der Waals surface area contributed by atoms with Crippen molar-refractivity contribution in [3.63, 3.8) is 0 Å². The molecule has 0 saturated carbocycles. The van der Waals surface area contributed by atoms with E-state index in [1.165, 1.54) is 11.3 Å². The van der Waals surface area contributed by atoms with Crippen molar-refractivity contribution < 1.29 is 19.2 Å². The van der Waals surface area contributed by atoms with Gasteiger partial charge < -0.3 is 9.80 Å². The van der Waals surface area contributed by atoms with Crippen LogP contribution in [0.15, 0.2) is 24.3 Å². The molecule has 0 spiro atoms. The number of benzene rings is 1. The maximum absolute atomic E-state index is 12.9. The summed E-state index contributed by atoms with van der Waals surface area (Å²) in [7, 11) is 0. The van der Waals surface area contributed by atoms with Gasteiger partial charge in [0, 0.05) is 49.1 Å². The first-order valence-electron chi connectivity index (χ1n) is 9.03. The zero-order chi connectivity index (χ0) is 19.8. The Kier molecular flexibility index (Phi) is 5.07. The Morgan fingerprint density at radius 3 is 2.21 bits per heavy atom. The molecule has 7 nitrogen and oxygen atoms in total. The molecule has 0 unspecified atom stereocenters. The smallest absolute Gasteiger partial charge is 0.265 e. The number of hydrogen-bond acceptors (Lipinski definition) is 5. The van der Waals surface area contributed by atoms with Crippen LogP contribution in [0.2, 0.25) is 5.02 Å². The first kappa shape index (κ1) is 18.9. The van der Waals surface area contributed by atoms with Crippen molar-refractivity contribution in [1.82, 2.24) is 14.7 Å². The van der Waals surface area contributed by atoms with Gasteiger partial charge in [-0.25, -0.2) is 0 Å². The number of imide groups is 1. The Balaban J connectivity index is 1.39. The second kappa shape index (κ2) is 7.52. The molecule has 9 heteroatoms. The minimum Gasteiger partial charge on any atom is -0.338 e. The lowest BCUT2D eigenvalue weighted by molar-refractivity contribution is -0.146. The number of carbonyl (C=O) groups excluding carboxylic acids is 4. The highest BCUT2D eigenvalue weighted by Crippen LogP contribution is 2.36. The van der Waals surface area contributed by atoms with Crippen molar-refractivity contribution in [2.24, 2.45) is 0 Å². The van der Waals surface area contributed by atoms with Gasteiger partial charge in [0.1, 0.15) is 11.4 Å². The zero-order valence-corrected chi connectivity index (χ0v) is 16.6. The van der Waals surface area contributed by atoms with Gasteiger partial charge in [0.25, 0.3) is 5.91 Å². The lowest BCUT2D eigenvalue weighted by atomic mass is 10.2. The summed E-state index contributed by atoms with van der Waals surface area (Å²) < 4.78 is 0.963. The number of rotatable bonds is 3. The van der Waals surface area contributed by atoms with Crippen LogP contribution in [0.4, 0.5) is 0 Å². The summed E-state index contributed by atoms with van der Waals surface area (Å²) >= 11 is 7.77. The molecule has 0 N–H and O–H groups in total. The second-order valence-corrected chi connectivity index (χ2v) is 8.22. The van der Waals surface area contributed by atoms with Crippen molar-refractivity contribution in [3.05, 3.63) is 34.2 Å². The number of carbonyl (C=O) groups is 4. The van der Waals surface area contributed by atoms with Gasteiger partial charge in [-0.15, -0.1) is 11.3 Å². The molecule has 2 saturated heterocycles. The summed E-state index contributed by atoms with van der Waals surface area (Å²) in [5.41, 5.74) is 0. The zero-order valence-electron chi connectivity index (χ0n) is 15.0. The Labute approximate surface area is 170 Å². The summed E-state index contributed by atoms with van der Waals surface area (Å²) in [6.07, 6.45) is 0.342. The Hall–Kier alpha value is -2.45. The fourth-order valence-corrected chi connectivity index (χ4v) is 4.97. The van der Waals surface area contributed by atoms with Crippen LogP contribution in [0.3, 0.4) is 0 Å². The molecule has 2 fully saturated rings. The van der Waals surface area contributed by atoms with E-state index in [-0.39, 0.29) is 43.0 Å². The summed E-state index contributed by atoms with van der Waals surface area (Å²) in [4.78, 5) is 53.5. The van der Waals surface area contributed by atoms with Gasteiger partial charge in [-0.2, -0.15) is 0 Å². The molecule has 0 atom stereocenters. The molecule has 1 aromatic heterocycles. The van der Waals surface area contributed by atoms with Gasteiger partial charge in [-0.05, 0) is 6.07 Å². The molecule has 28 heavy (non-hydrogen) atoms. The van der Waals surface area contributed by atoms with Gasteiger partial charge in [0.2, 0.25) is 17.7 Å². The van der Waals surface area contributed by atoms with Gasteiger partial charge in [-0.3, -0.25) is 24.1 Å². The first-order chi connectivity index (χ1) is 13.5. The number of nitrogens with zero attached hydrogens (tertiary/aromatic N) is 3. The largest absolute Gasteiger partial charge is 0.338 e. The van der Waals surface area contributed by atoms with E-state index < -0.39 is 0 Å². The summed E-state index contributed by atoms with van der Waals surface area (Å²) in [5.74, 6) is -1.00. The SMILES string of the molecule is O=C(CN1C(=O)CCC1=O)N1CCN(C(=O)c2sc3ccccc3c2Cl)CC1. The molecule has 146 valence electrons. The Morgan fingerprint density at radius 2 is 1.57 bits per heavy atom. The monoisotopic (exact) mass is 419 g/mol. The fraction of sp³-hybridized carbons (Fsp3) is 0.368. The van der Waals surface area contributed by atoms with Crippen LogP contribution in [-0.4, -0.2) is 71.1 Å². The molecule has 0 radical (unpaired) electrons. The normalized spacial score (nSPS) is 17.7. The predicted octanol–water partition coefficient (Wildman–Crippen LogP) is 1.99. The lowest BCUT2D eigenvalue weighted by Gasteiger charge is -2.35. The average molecular weight is 420 g/mol. The molecule has 1 aromatic carbocycles. The van der Waals surface area contributed by atoms with Gasteiger partial charge >= 0.3 is 0 Å². The number of hydrogen-bond donors (Lipinski definition) is 0. The van der Waals surface area contributed by atoms with Crippen molar-refractivity contribution in [2.45, 2.75) is 12.8 Å². The van der Waals surface area contributed by atoms with E-state index in [1.54, 1.807) is 9.80 Å². The third-order valence-corrected chi connectivity index (χ3v) is 6.76. The molecule has 4 rings (SSSR count). The standard InChI is InChI=1S/C19H18ClN3O4S/c20-17-12-3-1-2-4-13(12)28-18(17)19(27)22-9-7-21(8-10-22)16(26)11-23-14(24)5-6-15(23)25/h1-4H,5-11H2. The minimum absolute atomic E-state index is 0.136. The summed E-state index contributed by atoms with van der Waals surface area (Å²) in [5, 5.41) is 1.33. The van der Waals surface area contributed by atoms with Gasteiger partial charge in [0.15, 0.2) is 0 Å². The Bertz CT molecular complexity index is 965. The number of amides is 4. The number of halogens is 1. The topological polar surface area (TPSA) is 78.0 Å². The van der Waals surface area contributed by atoms with E-state index in [0.717, 1.165) is 15.0 Å². The maximum Gasteiger partial charge on any atom is 0.265 e. The predicted molar refractivity (Wildman–Crippen MR) is 105 cm³/mol. The van der Waals surface area contributed by atoms with Gasteiger partial charge in [0.05, 0.1) is 5.02 Å². The lowest BCUT2D eigenvalue weighted by Crippen LogP contribution is -2.53. The van der Waals surface area contributed by atoms with E-state index in [9.17, 15) is 19.2 Å². The van der Waals surface area contributed by atoms with Crippen molar-refractivity contribution in [1.29, 1.82) is 0 Å². The third kappa shape index (κ3) is 3.38. The highest BCUT2D eigenvalue weighted by Gasteiger charge is 2.33. The van der Waals surface area contributed by atoms with Crippen LogP contribution in [0.25, 0.3) is 10.1 Å². The number of fused-ring (bicyclic) bond motifs is 1. The summed E-state index contributed by atoms with van der Waals surface area (Å²) in [6.45, 7) is 1.29. The summed E-state index contributed by atoms with van der Waals surface area (Å²) in [6, 6.07) is 7.61. The van der Waals surface area contributed by atoms with Crippen LogP contribution < -0.4 is 0 Å². The second-order valence-electron chi connectivity index (χ2n) is 6.79. The van der Waals surface area contributed by atoms with E-state index in [1.807, 2.05) is 24.3 Å². The van der Waals surface area contributed by atoms with E-state index in [0.29, 0.717) is 36.1 Å². The van der Waals surface area contributed by atoms with Crippen molar-refractivity contribution in [3.8, 4) is 0 Å². The van der Waals surface area contributed by atoms with E-state index in [2.05, 4.69) is 0 Å². The first-order valence-corrected chi connectivity index (χ1v) is 10.2. The molecule has 3 heterocycles. The molecule has 2 aromatic rings. The molecule has 4 amide bonds. The molecule has 2 aliphatic heterocycles. The van der Waals surface area contributed by atoms with Crippen LogP contribution >= 0.6 is 22.9 Å². The van der Waals surface area contributed by atoms with E-state index >= 15 is 0 Å². The quantitative estimate of drug-likeness (QED) is 0.713. The van der Waals surface area contributed by atoms with Crippen LogP contribution in [0.5, 0.6) is 0 Å². The van der Waals surface area contributed by atoms with E-state index in [4.69, 9.17) is 11.6 Å². The average Bonchev–Trinajstić information content (AvgIpc) is 3.22. The molecule has 0 bridgehead atoms. The van der Waals surface area contributed by atoms with Crippen LogP contribution in [0.1, 0.15) is 22.5 Å². The highest BCUT2D eigenvalue weighted by molar-refractivity contribution is 7.21.